The van der Waals surface area contributed by atoms with Gasteiger partial charge in [0, 0.05) is 11.9 Å². The molecule has 56 valence electrons. The van der Waals surface area contributed by atoms with Crippen LogP contribution in [0, 0.1) is 0 Å². The average Bonchev–Trinajstić information content (AvgIpc) is 2.50. The van der Waals surface area contributed by atoms with Crippen LogP contribution in [0.25, 0.3) is 6.08 Å². The highest BCUT2D eigenvalue weighted by Gasteiger charge is 2.13. The smallest absolute Gasteiger partial charge is 0.0441 e. The third-order valence-electron chi connectivity index (χ3n) is 2.24. The van der Waals surface area contributed by atoms with Crippen molar-refractivity contribution in [2.45, 2.75) is 19.3 Å². The van der Waals surface area contributed by atoms with Crippen LogP contribution in [0.3, 0.4) is 0 Å². The van der Waals surface area contributed by atoms with Crippen LogP contribution < -0.4 is 0 Å². The summed E-state index contributed by atoms with van der Waals surface area (Å²) in [6.07, 6.45) is 7.39. The fourth-order valence-electron chi connectivity index (χ4n) is 1.68. The van der Waals surface area contributed by atoms with Crippen LogP contribution >= 0.6 is 0 Å². The van der Waals surface area contributed by atoms with Gasteiger partial charge in [0.2, 0.25) is 0 Å². The van der Waals surface area contributed by atoms with Crippen LogP contribution in [0.15, 0.2) is 18.8 Å². The molecule has 0 saturated heterocycles. The van der Waals surface area contributed by atoms with Crippen LogP contribution in [0.1, 0.15) is 23.2 Å². The van der Waals surface area contributed by atoms with Crippen LogP contribution in [0.4, 0.5) is 0 Å². The molecule has 1 aromatic heterocycles. The van der Waals surface area contributed by atoms with E-state index in [4.69, 9.17) is 0 Å². The van der Waals surface area contributed by atoms with E-state index in [2.05, 4.69) is 11.6 Å². The molecule has 1 aliphatic rings. The lowest BCUT2D eigenvalue weighted by Gasteiger charge is -2.00. The van der Waals surface area contributed by atoms with E-state index in [1.807, 2.05) is 18.3 Å². The fourth-order valence-corrected chi connectivity index (χ4v) is 1.68. The molecule has 0 saturated carbocycles. The minimum Gasteiger partial charge on any atom is -0.261 e. The first-order valence-electron chi connectivity index (χ1n) is 4.01. The minimum absolute atomic E-state index is 1.15. The Kier molecular flexibility index (Phi) is 1.50. The molecule has 1 heteroatoms. The number of rotatable bonds is 1. The van der Waals surface area contributed by atoms with Crippen molar-refractivity contribution in [3.8, 4) is 0 Å². The van der Waals surface area contributed by atoms with E-state index >= 15 is 0 Å². The third kappa shape index (κ3) is 0.967. The highest BCUT2D eigenvalue weighted by atomic mass is 14.7. The summed E-state index contributed by atoms with van der Waals surface area (Å²) in [5.74, 6) is 0. The summed E-state index contributed by atoms with van der Waals surface area (Å²) in [4.78, 5) is 4.32. The van der Waals surface area contributed by atoms with Gasteiger partial charge in [0.05, 0.1) is 0 Å². The third-order valence-corrected chi connectivity index (χ3v) is 2.24. The van der Waals surface area contributed by atoms with Crippen molar-refractivity contribution in [3.63, 3.8) is 0 Å². The summed E-state index contributed by atoms with van der Waals surface area (Å²) >= 11 is 0. The molecule has 0 unspecified atom stereocenters. The topological polar surface area (TPSA) is 12.9 Å². The van der Waals surface area contributed by atoms with Gasteiger partial charge >= 0.3 is 0 Å². The first-order chi connectivity index (χ1) is 5.42. The normalized spacial score (nSPS) is 14.5. The summed E-state index contributed by atoms with van der Waals surface area (Å²) in [6, 6.07) is 2.04. The van der Waals surface area contributed by atoms with Gasteiger partial charge in [0.15, 0.2) is 0 Å². The quantitative estimate of drug-likeness (QED) is 0.590. The number of aryl methyl sites for hydroxylation is 1. The SMILES string of the molecule is C=Cc1ccnc2c1CCC2. The van der Waals surface area contributed by atoms with Crippen molar-refractivity contribution < 1.29 is 0 Å². The Morgan fingerprint density at radius 2 is 2.36 bits per heavy atom. The number of hydrogen-bond donors (Lipinski definition) is 0. The molecule has 11 heavy (non-hydrogen) atoms. The molecule has 0 spiro atoms. The Hall–Kier alpha value is -1.11. The predicted octanol–water partition coefficient (Wildman–Crippen LogP) is 2.21. The first kappa shape index (κ1) is 6.59. The van der Waals surface area contributed by atoms with Crippen molar-refractivity contribution in [3.05, 3.63) is 35.7 Å². The van der Waals surface area contributed by atoms with Gasteiger partial charge in [-0.05, 0) is 36.5 Å². The highest BCUT2D eigenvalue weighted by Crippen LogP contribution is 2.23. The van der Waals surface area contributed by atoms with E-state index in [1.54, 1.807) is 0 Å². The molecule has 0 aliphatic heterocycles. The van der Waals surface area contributed by atoms with Gasteiger partial charge in [-0.15, -0.1) is 0 Å². The number of pyridine rings is 1. The van der Waals surface area contributed by atoms with Gasteiger partial charge in [-0.3, -0.25) is 4.98 Å². The second-order valence-electron chi connectivity index (χ2n) is 2.88. The Morgan fingerprint density at radius 1 is 1.45 bits per heavy atom. The van der Waals surface area contributed by atoms with E-state index in [0.29, 0.717) is 0 Å². The molecule has 1 heterocycles. The molecule has 0 fully saturated rings. The Labute approximate surface area is 66.8 Å². The van der Waals surface area contributed by atoms with Crippen LogP contribution in [-0.4, -0.2) is 4.98 Å². The zero-order valence-corrected chi connectivity index (χ0v) is 6.51. The number of hydrogen-bond acceptors (Lipinski definition) is 1. The van der Waals surface area contributed by atoms with E-state index in [0.717, 1.165) is 6.42 Å². The van der Waals surface area contributed by atoms with Gasteiger partial charge in [0.25, 0.3) is 0 Å². The zero-order chi connectivity index (χ0) is 7.68. The molecular formula is C10H11N. The summed E-state index contributed by atoms with van der Waals surface area (Å²) < 4.78 is 0. The second kappa shape index (κ2) is 2.50. The number of aromatic nitrogens is 1. The monoisotopic (exact) mass is 145 g/mol. The largest absolute Gasteiger partial charge is 0.261 e. The second-order valence-corrected chi connectivity index (χ2v) is 2.88. The lowest BCUT2D eigenvalue weighted by Crippen LogP contribution is -1.89. The molecule has 1 aromatic rings. The fraction of sp³-hybridized carbons (Fsp3) is 0.300. The lowest BCUT2D eigenvalue weighted by molar-refractivity contribution is 0.899. The van der Waals surface area contributed by atoms with Gasteiger partial charge in [-0.2, -0.15) is 0 Å². The summed E-state index contributed by atoms with van der Waals surface area (Å²) in [6.45, 7) is 3.78. The van der Waals surface area contributed by atoms with Gasteiger partial charge in [-0.1, -0.05) is 12.7 Å². The predicted molar refractivity (Wildman–Crippen MR) is 46.4 cm³/mol. The molecule has 0 N–H and O–H groups in total. The van der Waals surface area contributed by atoms with Gasteiger partial charge in [0.1, 0.15) is 0 Å². The Morgan fingerprint density at radius 3 is 3.18 bits per heavy atom. The van der Waals surface area contributed by atoms with Crippen molar-refractivity contribution in [2.75, 3.05) is 0 Å². The Balaban J connectivity index is 2.58. The summed E-state index contributed by atoms with van der Waals surface area (Å²) in [5.41, 5.74) is 3.97. The molecule has 0 aromatic carbocycles. The average molecular weight is 145 g/mol. The molecule has 0 atom stereocenters. The maximum Gasteiger partial charge on any atom is 0.0441 e. The maximum atomic E-state index is 4.32. The molecule has 1 nitrogen and oxygen atoms in total. The molecule has 1 aliphatic carbocycles. The highest BCUT2D eigenvalue weighted by molar-refractivity contribution is 5.53. The van der Waals surface area contributed by atoms with Gasteiger partial charge < -0.3 is 0 Å². The van der Waals surface area contributed by atoms with E-state index < -0.39 is 0 Å². The van der Waals surface area contributed by atoms with Crippen molar-refractivity contribution in [1.82, 2.24) is 4.98 Å². The molecule has 0 amide bonds. The van der Waals surface area contributed by atoms with Crippen LogP contribution in [-0.2, 0) is 12.8 Å². The molecule has 0 radical (unpaired) electrons. The lowest BCUT2D eigenvalue weighted by atomic mass is 10.1. The van der Waals surface area contributed by atoms with E-state index in [-0.39, 0.29) is 0 Å². The molecule has 0 bridgehead atoms. The first-order valence-corrected chi connectivity index (χ1v) is 4.01. The number of fused-ring (bicyclic) bond motifs is 1. The standard InChI is InChI=1S/C10H11N/c1-2-8-6-7-11-10-5-3-4-9(8)10/h2,6-7H,1,3-5H2. The van der Waals surface area contributed by atoms with Crippen LogP contribution in [0.5, 0.6) is 0 Å². The van der Waals surface area contributed by atoms with Gasteiger partial charge in [-0.25, -0.2) is 0 Å². The van der Waals surface area contributed by atoms with E-state index in [9.17, 15) is 0 Å². The van der Waals surface area contributed by atoms with Crippen LogP contribution in [0.2, 0.25) is 0 Å². The van der Waals surface area contributed by atoms with Crippen molar-refractivity contribution in [1.29, 1.82) is 0 Å². The van der Waals surface area contributed by atoms with Crippen molar-refractivity contribution >= 4 is 6.08 Å². The zero-order valence-electron chi connectivity index (χ0n) is 6.51. The maximum absolute atomic E-state index is 4.32. The Bertz CT molecular complexity index is 289. The molecule has 2 rings (SSSR count). The van der Waals surface area contributed by atoms with E-state index in [1.165, 1.54) is 29.7 Å². The minimum atomic E-state index is 1.15. The number of nitrogens with zero attached hydrogens (tertiary/aromatic N) is 1. The molecular weight excluding hydrogens is 134 g/mol. The summed E-state index contributed by atoms with van der Waals surface area (Å²) in [7, 11) is 0. The van der Waals surface area contributed by atoms with Crippen molar-refractivity contribution in [2.24, 2.45) is 0 Å². The summed E-state index contributed by atoms with van der Waals surface area (Å²) in [5, 5.41) is 0.